The zero-order valence-corrected chi connectivity index (χ0v) is 15.9. The molecule has 0 aliphatic rings. The molecule has 28 heavy (non-hydrogen) atoms. The summed E-state index contributed by atoms with van der Waals surface area (Å²) in [5.41, 5.74) is 4.44. The van der Waals surface area contributed by atoms with Crippen LogP contribution in [0.25, 0.3) is 0 Å². The zero-order chi connectivity index (χ0) is 19.9. The number of nitrogens with one attached hydrogen (secondary N) is 1. The van der Waals surface area contributed by atoms with Gasteiger partial charge in [0.15, 0.2) is 0 Å². The minimum atomic E-state index is -0.982. The fraction of sp³-hybridized carbons (Fsp3) is 0.0952. The number of carbonyl (C=O) groups is 2. The van der Waals surface area contributed by atoms with Crippen molar-refractivity contribution in [3.05, 3.63) is 87.6 Å². The molecule has 0 aliphatic heterocycles. The molecule has 1 amide bonds. The zero-order valence-electron chi connectivity index (χ0n) is 15.1. The number of hydrogen-bond acceptors (Lipinski definition) is 5. The van der Waals surface area contributed by atoms with Gasteiger partial charge in [0, 0.05) is 5.56 Å². The number of hydrazone groups is 1. The van der Waals surface area contributed by atoms with Crippen LogP contribution in [-0.4, -0.2) is 22.7 Å². The topological polar surface area (TPSA) is 88.0 Å². The van der Waals surface area contributed by atoms with Gasteiger partial charge in [-0.1, -0.05) is 30.3 Å². The van der Waals surface area contributed by atoms with E-state index in [0.29, 0.717) is 22.8 Å². The van der Waals surface area contributed by atoms with E-state index in [1.807, 2.05) is 42.5 Å². The molecule has 0 radical (unpaired) electrons. The summed E-state index contributed by atoms with van der Waals surface area (Å²) in [6.45, 7) is 2.12. The summed E-state index contributed by atoms with van der Waals surface area (Å²) in [5.74, 6) is -0.539. The molecule has 0 saturated carbocycles. The van der Waals surface area contributed by atoms with Gasteiger partial charge < -0.3 is 9.84 Å². The lowest BCUT2D eigenvalue weighted by molar-refractivity contribution is 0.0702. The summed E-state index contributed by atoms with van der Waals surface area (Å²) in [4.78, 5) is 24.1. The summed E-state index contributed by atoms with van der Waals surface area (Å²) >= 11 is 1.11. The Balaban J connectivity index is 1.57. The van der Waals surface area contributed by atoms with Gasteiger partial charge in [0.25, 0.3) is 5.91 Å². The SMILES string of the molecule is C/C(=N/NC(=O)c1ccc(COc2ccccc2)cc1)c1ccc(C(=O)O)s1. The van der Waals surface area contributed by atoms with Gasteiger partial charge in [-0.25, -0.2) is 10.2 Å². The third kappa shape index (κ3) is 5.05. The van der Waals surface area contributed by atoms with E-state index < -0.39 is 5.97 Å². The number of carbonyl (C=O) groups excluding carboxylic acids is 1. The van der Waals surface area contributed by atoms with E-state index in [1.54, 1.807) is 25.1 Å². The monoisotopic (exact) mass is 394 g/mol. The van der Waals surface area contributed by atoms with Crippen LogP contribution in [0.15, 0.2) is 71.8 Å². The van der Waals surface area contributed by atoms with Crippen LogP contribution in [0.2, 0.25) is 0 Å². The number of para-hydroxylation sites is 1. The molecule has 1 aromatic heterocycles. The van der Waals surface area contributed by atoms with Gasteiger partial charge >= 0.3 is 5.97 Å². The summed E-state index contributed by atoms with van der Waals surface area (Å²) in [6.07, 6.45) is 0. The fourth-order valence-electron chi connectivity index (χ4n) is 2.34. The number of aromatic carboxylic acids is 1. The Labute approximate surface area is 166 Å². The molecular weight excluding hydrogens is 376 g/mol. The van der Waals surface area contributed by atoms with Gasteiger partial charge in [-0.2, -0.15) is 5.10 Å². The minimum absolute atomic E-state index is 0.226. The number of rotatable bonds is 7. The minimum Gasteiger partial charge on any atom is -0.489 e. The third-order valence-electron chi connectivity index (χ3n) is 3.86. The molecule has 7 heteroatoms. The molecule has 0 fully saturated rings. The lowest BCUT2D eigenvalue weighted by atomic mass is 10.1. The Bertz CT molecular complexity index is 995. The number of nitrogens with zero attached hydrogens (tertiary/aromatic N) is 1. The Kier molecular flexibility index (Phi) is 6.18. The van der Waals surface area contributed by atoms with E-state index >= 15 is 0 Å². The normalized spacial score (nSPS) is 11.1. The number of carboxylic acid groups (broad SMARTS) is 1. The van der Waals surface area contributed by atoms with Crippen LogP contribution >= 0.6 is 11.3 Å². The fourth-order valence-corrected chi connectivity index (χ4v) is 3.13. The molecule has 142 valence electrons. The first kappa shape index (κ1) is 19.3. The van der Waals surface area contributed by atoms with Crippen molar-refractivity contribution in [1.29, 1.82) is 0 Å². The number of benzene rings is 2. The third-order valence-corrected chi connectivity index (χ3v) is 5.05. The predicted octanol–water partition coefficient (Wildman–Crippen LogP) is 4.18. The molecule has 2 aromatic carbocycles. The van der Waals surface area contributed by atoms with Crippen LogP contribution in [0.3, 0.4) is 0 Å². The molecule has 6 nitrogen and oxygen atoms in total. The summed E-state index contributed by atoms with van der Waals surface area (Å²) < 4.78 is 5.68. The first-order valence-electron chi connectivity index (χ1n) is 8.48. The number of carboxylic acids is 1. The molecule has 0 bridgehead atoms. The molecule has 3 aromatic rings. The average Bonchev–Trinajstić information content (AvgIpc) is 3.22. The Hall–Kier alpha value is -3.45. The number of hydrogen-bond donors (Lipinski definition) is 2. The quantitative estimate of drug-likeness (QED) is 0.465. The lowest BCUT2D eigenvalue weighted by Crippen LogP contribution is -2.19. The van der Waals surface area contributed by atoms with Gasteiger partial charge in [-0.05, 0) is 48.9 Å². The molecule has 0 unspecified atom stereocenters. The smallest absolute Gasteiger partial charge is 0.345 e. The molecule has 2 N–H and O–H groups in total. The molecule has 0 spiro atoms. The van der Waals surface area contributed by atoms with Crippen molar-refractivity contribution < 1.29 is 19.4 Å². The Morgan fingerprint density at radius 2 is 1.68 bits per heavy atom. The van der Waals surface area contributed by atoms with E-state index in [2.05, 4.69) is 10.5 Å². The van der Waals surface area contributed by atoms with Crippen LogP contribution in [0, 0.1) is 0 Å². The molecule has 0 atom stereocenters. The van der Waals surface area contributed by atoms with E-state index in [1.165, 1.54) is 6.07 Å². The van der Waals surface area contributed by atoms with Crippen molar-refractivity contribution in [2.45, 2.75) is 13.5 Å². The Morgan fingerprint density at radius 3 is 2.32 bits per heavy atom. The number of thiophene rings is 1. The van der Waals surface area contributed by atoms with Gasteiger partial charge in [0.05, 0.1) is 10.6 Å². The first-order chi connectivity index (χ1) is 13.5. The highest BCUT2D eigenvalue weighted by atomic mass is 32.1. The van der Waals surface area contributed by atoms with E-state index in [0.717, 1.165) is 22.6 Å². The largest absolute Gasteiger partial charge is 0.489 e. The number of amides is 1. The van der Waals surface area contributed by atoms with Crippen LogP contribution in [0.1, 0.15) is 37.4 Å². The van der Waals surface area contributed by atoms with Crippen LogP contribution < -0.4 is 10.2 Å². The highest BCUT2D eigenvalue weighted by molar-refractivity contribution is 7.15. The lowest BCUT2D eigenvalue weighted by Gasteiger charge is -2.07. The maximum atomic E-state index is 12.2. The van der Waals surface area contributed by atoms with Crippen molar-refractivity contribution in [3.63, 3.8) is 0 Å². The van der Waals surface area contributed by atoms with Gasteiger partial charge in [-0.15, -0.1) is 11.3 Å². The first-order valence-corrected chi connectivity index (χ1v) is 9.29. The highest BCUT2D eigenvalue weighted by Crippen LogP contribution is 2.17. The van der Waals surface area contributed by atoms with Crippen molar-refractivity contribution in [2.24, 2.45) is 5.10 Å². The van der Waals surface area contributed by atoms with Crippen molar-refractivity contribution >= 4 is 28.9 Å². The second kappa shape index (κ2) is 8.96. The second-order valence-electron chi connectivity index (χ2n) is 5.91. The van der Waals surface area contributed by atoms with Crippen molar-refractivity contribution in [1.82, 2.24) is 5.43 Å². The van der Waals surface area contributed by atoms with Gasteiger partial charge in [0.1, 0.15) is 17.2 Å². The Morgan fingerprint density at radius 1 is 1.00 bits per heavy atom. The molecular formula is C21H18N2O4S. The van der Waals surface area contributed by atoms with E-state index in [9.17, 15) is 9.59 Å². The van der Waals surface area contributed by atoms with Crippen molar-refractivity contribution in [2.75, 3.05) is 0 Å². The maximum Gasteiger partial charge on any atom is 0.345 e. The summed E-state index contributed by atoms with van der Waals surface area (Å²) in [7, 11) is 0. The van der Waals surface area contributed by atoms with E-state index in [4.69, 9.17) is 9.84 Å². The number of ether oxygens (including phenoxy) is 1. The molecule has 0 saturated heterocycles. The maximum absolute atomic E-state index is 12.2. The van der Waals surface area contributed by atoms with E-state index in [-0.39, 0.29) is 10.8 Å². The summed E-state index contributed by atoms with van der Waals surface area (Å²) in [5, 5.41) is 13.0. The van der Waals surface area contributed by atoms with Gasteiger partial charge in [-0.3, -0.25) is 4.79 Å². The van der Waals surface area contributed by atoms with Crippen molar-refractivity contribution in [3.8, 4) is 5.75 Å². The second-order valence-corrected chi connectivity index (χ2v) is 6.99. The predicted molar refractivity (Wildman–Crippen MR) is 108 cm³/mol. The van der Waals surface area contributed by atoms with Crippen LogP contribution in [0.5, 0.6) is 5.75 Å². The molecule has 0 aliphatic carbocycles. The van der Waals surface area contributed by atoms with Crippen LogP contribution in [0.4, 0.5) is 0 Å². The molecule has 1 heterocycles. The molecule has 3 rings (SSSR count). The van der Waals surface area contributed by atoms with Gasteiger partial charge in [0.2, 0.25) is 0 Å². The summed E-state index contributed by atoms with van der Waals surface area (Å²) in [6, 6.07) is 19.8. The standard InChI is InChI=1S/C21H18N2O4S/c1-14(18-11-12-19(28-18)21(25)26)22-23-20(24)16-9-7-15(8-10-16)13-27-17-5-3-2-4-6-17/h2-12H,13H2,1H3,(H,23,24)(H,25,26)/b22-14-. The van der Waals surface area contributed by atoms with Crippen LogP contribution in [-0.2, 0) is 6.61 Å². The highest BCUT2D eigenvalue weighted by Gasteiger charge is 2.10. The average molecular weight is 394 g/mol.